The quantitative estimate of drug-likeness (QED) is 0.0923. The number of ether oxygens (including phenoxy) is 4. The van der Waals surface area contributed by atoms with E-state index in [1.807, 2.05) is 24.3 Å². The first-order chi connectivity index (χ1) is 18.0. The lowest BCUT2D eigenvalue weighted by molar-refractivity contribution is -0.137. The van der Waals surface area contributed by atoms with Crippen LogP contribution in [0.3, 0.4) is 0 Å². The van der Waals surface area contributed by atoms with Gasteiger partial charge in [0.15, 0.2) is 0 Å². The summed E-state index contributed by atoms with van der Waals surface area (Å²) >= 11 is 0. The van der Waals surface area contributed by atoms with Crippen molar-refractivity contribution in [3.8, 4) is 28.4 Å². The summed E-state index contributed by atoms with van der Waals surface area (Å²) < 4.78 is 21.4. The van der Waals surface area contributed by atoms with Gasteiger partial charge in [-0.1, -0.05) is 24.8 Å². The van der Waals surface area contributed by atoms with Gasteiger partial charge in [0.1, 0.15) is 17.2 Å². The predicted molar refractivity (Wildman–Crippen MR) is 143 cm³/mol. The minimum atomic E-state index is -0.457. The van der Waals surface area contributed by atoms with Gasteiger partial charge in [-0.3, -0.25) is 0 Å². The van der Waals surface area contributed by atoms with Gasteiger partial charge < -0.3 is 24.4 Å². The highest BCUT2D eigenvalue weighted by atomic mass is 16.5. The third kappa shape index (κ3) is 8.35. The van der Waals surface area contributed by atoms with Crippen LogP contribution in [0.4, 0.5) is 0 Å². The maximum atomic E-state index is 12.6. The zero-order chi connectivity index (χ0) is 26.5. The van der Waals surface area contributed by atoms with E-state index in [9.17, 15) is 9.59 Å². The van der Waals surface area contributed by atoms with Gasteiger partial charge in [0.2, 0.25) is 0 Å². The molecule has 3 aromatic rings. The summed E-state index contributed by atoms with van der Waals surface area (Å²) in [7, 11) is 1.59. The highest BCUT2D eigenvalue weighted by molar-refractivity contribution is 5.92. The van der Waals surface area contributed by atoms with Crippen LogP contribution in [0.2, 0.25) is 0 Å². The molecule has 37 heavy (non-hydrogen) atoms. The minimum absolute atomic E-state index is 0.392. The molecule has 0 bridgehead atoms. The summed E-state index contributed by atoms with van der Waals surface area (Å²) in [5.74, 6) is 0.947. The average molecular weight is 502 g/mol. The summed E-state index contributed by atoms with van der Waals surface area (Å²) in [4.78, 5) is 23.5. The molecule has 0 radical (unpaired) electrons. The zero-order valence-electron chi connectivity index (χ0n) is 20.9. The predicted octanol–water partition coefficient (Wildman–Crippen LogP) is 6.25. The number of nitrogens with one attached hydrogen (secondary N) is 1. The van der Waals surface area contributed by atoms with Crippen molar-refractivity contribution in [1.29, 1.82) is 5.41 Å². The van der Waals surface area contributed by atoms with Gasteiger partial charge >= 0.3 is 11.9 Å². The summed E-state index contributed by atoms with van der Waals surface area (Å²) in [6, 6.07) is 19.5. The molecule has 3 aromatic carbocycles. The summed E-state index contributed by atoms with van der Waals surface area (Å²) in [6.07, 6.45) is 6.05. The van der Waals surface area contributed by atoms with Crippen molar-refractivity contribution < 1.29 is 28.5 Å². The van der Waals surface area contributed by atoms with Crippen LogP contribution in [0.5, 0.6) is 17.2 Å². The fourth-order valence-corrected chi connectivity index (χ4v) is 3.59. The molecule has 7 heteroatoms. The topological polar surface area (TPSA) is 94.9 Å². The number of carbonyl (C=O) groups is 2. The van der Waals surface area contributed by atoms with E-state index in [0.29, 0.717) is 36.0 Å². The molecule has 0 aliphatic rings. The average Bonchev–Trinajstić information content (AvgIpc) is 2.94. The second kappa shape index (κ2) is 14.2. The third-order valence-electron chi connectivity index (χ3n) is 5.60. The Morgan fingerprint density at radius 2 is 1.49 bits per heavy atom. The zero-order valence-corrected chi connectivity index (χ0v) is 20.9. The van der Waals surface area contributed by atoms with Gasteiger partial charge in [-0.15, -0.1) is 0 Å². The Morgan fingerprint density at radius 1 is 0.838 bits per heavy atom. The van der Waals surface area contributed by atoms with Gasteiger partial charge in [0.05, 0.1) is 25.9 Å². The van der Waals surface area contributed by atoms with Gasteiger partial charge in [-0.05, 0) is 85.3 Å². The van der Waals surface area contributed by atoms with Crippen LogP contribution >= 0.6 is 0 Å². The van der Waals surface area contributed by atoms with E-state index in [1.165, 1.54) is 6.21 Å². The Labute approximate surface area is 217 Å². The molecule has 0 aliphatic carbocycles. The molecule has 0 aliphatic heterocycles. The number of hydrogen-bond donors (Lipinski definition) is 1. The molecule has 0 spiro atoms. The molecular weight excluding hydrogens is 470 g/mol. The number of methoxy groups -OCH3 is 1. The second-order valence-electron chi connectivity index (χ2n) is 8.17. The van der Waals surface area contributed by atoms with Crippen LogP contribution < -0.4 is 14.2 Å². The number of hydrogen-bond acceptors (Lipinski definition) is 7. The van der Waals surface area contributed by atoms with Crippen molar-refractivity contribution >= 4 is 18.2 Å². The Hall–Kier alpha value is -4.39. The summed E-state index contributed by atoms with van der Waals surface area (Å²) in [5, 5.41) is 7.67. The Balaban J connectivity index is 1.44. The van der Waals surface area contributed by atoms with Crippen LogP contribution in [0, 0.1) is 5.41 Å². The normalized spacial score (nSPS) is 10.3. The molecule has 0 atom stereocenters. The van der Waals surface area contributed by atoms with Crippen LogP contribution in [0.25, 0.3) is 11.1 Å². The van der Waals surface area contributed by atoms with E-state index in [2.05, 4.69) is 6.58 Å². The molecular formula is C30H31NO6. The van der Waals surface area contributed by atoms with Gasteiger partial charge in [-0.2, -0.15) is 0 Å². The van der Waals surface area contributed by atoms with Crippen LogP contribution in [-0.4, -0.2) is 38.5 Å². The monoisotopic (exact) mass is 501 g/mol. The van der Waals surface area contributed by atoms with E-state index in [1.54, 1.807) is 49.6 Å². The van der Waals surface area contributed by atoms with Crippen molar-refractivity contribution in [1.82, 2.24) is 0 Å². The molecule has 0 fully saturated rings. The molecule has 3 rings (SSSR count). The standard InChI is InChI=1S/C30H31NO6/c1-3-29(32)36-19-7-5-4-6-18-35-25-12-10-23(11-13-25)30(33)37-26-14-8-22(9-15-26)28-17-16-27(34-2)20-24(28)21-31/h3,8-17,20-21,31H,1,4-7,18-19H2,2H3. The molecule has 0 aromatic heterocycles. The smallest absolute Gasteiger partial charge is 0.343 e. The van der Waals surface area contributed by atoms with Crippen molar-refractivity contribution in [3.63, 3.8) is 0 Å². The van der Waals surface area contributed by atoms with E-state index in [-0.39, 0.29) is 0 Å². The molecule has 0 saturated carbocycles. The van der Waals surface area contributed by atoms with Crippen molar-refractivity contribution in [3.05, 3.63) is 90.5 Å². The largest absolute Gasteiger partial charge is 0.497 e. The highest BCUT2D eigenvalue weighted by Gasteiger charge is 2.10. The lowest BCUT2D eigenvalue weighted by Crippen LogP contribution is -2.08. The minimum Gasteiger partial charge on any atom is -0.497 e. The van der Waals surface area contributed by atoms with E-state index < -0.39 is 11.9 Å². The number of carbonyl (C=O) groups excluding carboxylic acids is 2. The number of unbranched alkanes of at least 4 members (excludes halogenated alkanes) is 3. The Morgan fingerprint density at radius 3 is 2.14 bits per heavy atom. The van der Waals surface area contributed by atoms with Gasteiger partial charge in [0, 0.05) is 17.9 Å². The molecule has 0 heterocycles. The number of rotatable bonds is 14. The third-order valence-corrected chi connectivity index (χ3v) is 5.60. The maximum Gasteiger partial charge on any atom is 0.343 e. The molecule has 192 valence electrons. The van der Waals surface area contributed by atoms with E-state index in [4.69, 9.17) is 24.4 Å². The molecule has 0 unspecified atom stereocenters. The van der Waals surface area contributed by atoms with E-state index >= 15 is 0 Å². The lowest BCUT2D eigenvalue weighted by Gasteiger charge is -2.10. The first-order valence-electron chi connectivity index (χ1n) is 12.1. The number of benzene rings is 3. The van der Waals surface area contributed by atoms with Crippen molar-refractivity contribution in [2.45, 2.75) is 25.7 Å². The van der Waals surface area contributed by atoms with Crippen LogP contribution in [0.1, 0.15) is 41.6 Å². The fraction of sp³-hybridized carbons (Fsp3) is 0.233. The highest BCUT2D eigenvalue weighted by Crippen LogP contribution is 2.28. The SMILES string of the molecule is C=CC(=O)OCCCCCCOc1ccc(C(=O)Oc2ccc(-c3ccc(OC)cc3C=N)cc2)cc1. The summed E-state index contributed by atoms with van der Waals surface area (Å²) in [6.45, 7) is 4.33. The second-order valence-corrected chi connectivity index (χ2v) is 8.17. The summed E-state index contributed by atoms with van der Waals surface area (Å²) in [5.41, 5.74) is 2.95. The lowest BCUT2D eigenvalue weighted by atomic mass is 10.00. The molecule has 0 amide bonds. The first kappa shape index (κ1) is 27.2. The van der Waals surface area contributed by atoms with Gasteiger partial charge in [-0.25, -0.2) is 9.59 Å². The van der Waals surface area contributed by atoms with Gasteiger partial charge in [0.25, 0.3) is 0 Å². The van der Waals surface area contributed by atoms with Crippen molar-refractivity contribution in [2.75, 3.05) is 20.3 Å². The van der Waals surface area contributed by atoms with Crippen molar-refractivity contribution in [2.24, 2.45) is 0 Å². The van der Waals surface area contributed by atoms with Crippen LogP contribution in [0.15, 0.2) is 79.4 Å². The maximum absolute atomic E-state index is 12.6. The number of esters is 2. The molecule has 7 nitrogen and oxygen atoms in total. The van der Waals surface area contributed by atoms with E-state index in [0.717, 1.165) is 48.4 Å². The first-order valence-corrected chi connectivity index (χ1v) is 12.1. The Kier molecular flexibility index (Phi) is 10.5. The van der Waals surface area contributed by atoms with Crippen LogP contribution in [-0.2, 0) is 9.53 Å². The molecule has 1 N–H and O–H groups in total. The molecule has 0 saturated heterocycles. The Bertz CT molecular complexity index is 1200. The fourth-order valence-electron chi connectivity index (χ4n) is 3.59.